The Morgan fingerprint density at radius 3 is 2.20 bits per heavy atom. The number of nitrogens with zero attached hydrogens (tertiary/aromatic N) is 2. The number of amides is 3. The van der Waals surface area contributed by atoms with E-state index < -0.39 is 36.1 Å². The van der Waals surface area contributed by atoms with Crippen LogP contribution in [0.3, 0.4) is 0 Å². The fourth-order valence-electron chi connectivity index (χ4n) is 5.56. The first kappa shape index (κ1) is 35.2. The molecule has 2 unspecified atom stereocenters. The number of carboxylic acids is 1. The number of esters is 1. The summed E-state index contributed by atoms with van der Waals surface area (Å²) in [4.78, 5) is 49.1. The van der Waals surface area contributed by atoms with E-state index in [9.17, 15) is 32.7 Å². The number of likely N-dealkylation sites (tertiary alicyclic amines) is 1. The van der Waals surface area contributed by atoms with Crippen LogP contribution in [0.4, 0.5) is 23.7 Å². The number of likely N-dealkylation sites (N-methyl/N-ethyl adjacent to an activating group) is 1. The lowest BCUT2D eigenvalue weighted by atomic mass is 9.96. The Bertz CT molecular complexity index is 1330. The van der Waals surface area contributed by atoms with Gasteiger partial charge < -0.3 is 40.2 Å². The number of benzene rings is 2. The molecule has 0 radical (unpaired) electrons. The van der Waals surface area contributed by atoms with Crippen molar-refractivity contribution in [2.45, 2.75) is 57.3 Å². The van der Waals surface area contributed by atoms with Gasteiger partial charge in [-0.3, -0.25) is 4.79 Å². The number of urea groups is 1. The van der Waals surface area contributed by atoms with Crippen molar-refractivity contribution in [1.82, 2.24) is 4.90 Å². The fraction of sp³-hybridized carbons (Fsp3) is 0.484. The first-order chi connectivity index (χ1) is 21.1. The molecule has 0 spiro atoms. The zero-order valence-corrected chi connectivity index (χ0v) is 25.2. The van der Waals surface area contributed by atoms with E-state index in [1.54, 1.807) is 60.4 Å². The highest BCUT2D eigenvalue weighted by molar-refractivity contribution is 5.95. The van der Waals surface area contributed by atoms with Crippen LogP contribution >= 0.6 is 0 Å². The number of ether oxygens (including phenoxy) is 1. The predicted molar refractivity (Wildman–Crippen MR) is 156 cm³/mol. The molecule has 2 aromatic carbocycles. The Morgan fingerprint density at radius 2 is 1.69 bits per heavy atom. The quantitative estimate of drug-likeness (QED) is 0.267. The number of phenols is 1. The normalized spacial score (nSPS) is 20.2. The largest absolute Gasteiger partial charge is 0.542 e. The number of piperidine rings is 1. The van der Waals surface area contributed by atoms with E-state index in [0.717, 1.165) is 48.4 Å². The topological polar surface area (TPSA) is 162 Å². The molecule has 1 heterocycles. The van der Waals surface area contributed by atoms with E-state index in [-0.39, 0.29) is 24.8 Å². The first-order valence-electron chi connectivity index (χ1n) is 14.7. The third kappa shape index (κ3) is 10.7. The number of carbonyl (C=O) groups is 4. The average Bonchev–Trinajstić information content (AvgIpc) is 3.77. The molecule has 3 amide bonds. The van der Waals surface area contributed by atoms with Crippen LogP contribution in [0.1, 0.15) is 48.5 Å². The van der Waals surface area contributed by atoms with Crippen molar-refractivity contribution in [3.63, 3.8) is 0 Å². The van der Waals surface area contributed by atoms with Gasteiger partial charge in [0.25, 0.3) is 0 Å². The van der Waals surface area contributed by atoms with Crippen LogP contribution in [0.2, 0.25) is 0 Å². The third-order valence-electron chi connectivity index (χ3n) is 7.82. The van der Waals surface area contributed by atoms with Crippen molar-refractivity contribution in [3.05, 3.63) is 59.7 Å². The smallest absolute Gasteiger partial charge is 0.430 e. The average molecular weight is 637 g/mol. The molecular formula is C31H39F3N4O7. The number of hydrogen-bond acceptors (Lipinski definition) is 7. The number of hydrogen-bond donors (Lipinski definition) is 3. The van der Waals surface area contributed by atoms with Gasteiger partial charge in [-0.25, -0.2) is 9.59 Å². The second-order valence-electron chi connectivity index (χ2n) is 11.7. The molecule has 45 heavy (non-hydrogen) atoms. The molecule has 1 saturated carbocycles. The van der Waals surface area contributed by atoms with Gasteiger partial charge in [0.2, 0.25) is 5.91 Å². The molecule has 2 aromatic rings. The molecule has 4 N–H and O–H groups in total. The number of nitrogens with two attached hydrogens (primary N) is 1. The van der Waals surface area contributed by atoms with Crippen molar-refractivity contribution < 1.29 is 51.8 Å². The summed E-state index contributed by atoms with van der Waals surface area (Å²) >= 11 is 0. The number of aliphatic carboxylic acids is 1. The number of alkyl halides is 3. The number of rotatable bonds is 10. The van der Waals surface area contributed by atoms with E-state index in [1.807, 2.05) is 0 Å². The Balaban J connectivity index is 0.000000707. The standard InChI is InChI=1S/C29H38N4O5.C2HF3O2/c1-3-38-28(36)22-10-12-23(13-11-22)31-29(37)32(24-5-4-16-33(2,19-24)18-21-6-7-21)26(27(30)35)17-20-8-14-25(34)15-9-20;3-2(4,5)1(6)7/h8-15,21,24,26H,3-7,16-19H2,1-2H3,(H3-,30,31,34,35,36,37);(H,6,7)/t24?,26-,33?;/m0./s1. The monoisotopic (exact) mass is 636 g/mol. The summed E-state index contributed by atoms with van der Waals surface area (Å²) in [7, 11) is 2.24. The summed E-state index contributed by atoms with van der Waals surface area (Å²) in [6, 6.07) is 11.7. The number of phenolic OH excluding ortho intramolecular Hbond substituents is 1. The summed E-state index contributed by atoms with van der Waals surface area (Å²) in [6.07, 6.45) is -0.693. The molecule has 1 aliphatic heterocycles. The highest BCUT2D eigenvalue weighted by Crippen LogP contribution is 2.34. The summed E-state index contributed by atoms with van der Waals surface area (Å²) < 4.78 is 37.5. The lowest BCUT2D eigenvalue weighted by Crippen LogP contribution is -2.63. The van der Waals surface area contributed by atoms with Gasteiger partial charge in [-0.1, -0.05) is 12.1 Å². The molecular weight excluding hydrogens is 597 g/mol. The number of quaternary nitrogens is 1. The van der Waals surface area contributed by atoms with Gasteiger partial charge in [0.15, 0.2) is 0 Å². The highest BCUT2D eigenvalue weighted by atomic mass is 19.4. The number of aromatic hydroxyl groups is 1. The van der Waals surface area contributed by atoms with Gasteiger partial charge >= 0.3 is 18.2 Å². The van der Waals surface area contributed by atoms with E-state index in [1.165, 1.54) is 12.8 Å². The van der Waals surface area contributed by atoms with Gasteiger partial charge in [0.05, 0.1) is 44.9 Å². The van der Waals surface area contributed by atoms with Gasteiger partial charge in [0, 0.05) is 18.0 Å². The van der Waals surface area contributed by atoms with Crippen LogP contribution < -0.4 is 16.2 Å². The number of carbonyl (C=O) groups excluding carboxylic acids is 4. The van der Waals surface area contributed by atoms with Crippen molar-refractivity contribution >= 4 is 29.6 Å². The zero-order chi connectivity index (χ0) is 33.4. The summed E-state index contributed by atoms with van der Waals surface area (Å²) in [6.45, 7) is 4.91. The van der Waals surface area contributed by atoms with E-state index in [2.05, 4.69) is 12.4 Å². The Hall–Kier alpha value is -4.33. The lowest BCUT2D eigenvalue weighted by molar-refractivity contribution is -0.917. The highest BCUT2D eigenvalue weighted by Gasteiger charge is 2.43. The van der Waals surface area contributed by atoms with Gasteiger partial charge in [-0.2, -0.15) is 13.2 Å². The zero-order valence-electron chi connectivity index (χ0n) is 25.2. The second kappa shape index (κ2) is 15.1. The molecule has 14 heteroatoms. The van der Waals surface area contributed by atoms with E-state index in [4.69, 9.17) is 20.4 Å². The molecule has 11 nitrogen and oxygen atoms in total. The number of anilines is 1. The third-order valence-corrected chi connectivity index (χ3v) is 7.82. The molecule has 0 bridgehead atoms. The minimum Gasteiger partial charge on any atom is -0.542 e. The molecule has 1 aliphatic carbocycles. The Labute approximate surface area is 259 Å². The predicted octanol–water partition coefficient (Wildman–Crippen LogP) is 2.82. The lowest BCUT2D eigenvalue weighted by Gasteiger charge is -2.46. The summed E-state index contributed by atoms with van der Waals surface area (Å²) in [5.41, 5.74) is 7.63. The molecule has 2 fully saturated rings. The fourth-order valence-corrected chi connectivity index (χ4v) is 5.56. The van der Waals surface area contributed by atoms with Crippen molar-refractivity contribution in [3.8, 4) is 5.75 Å². The van der Waals surface area contributed by atoms with E-state index in [0.29, 0.717) is 11.3 Å². The second-order valence-corrected chi connectivity index (χ2v) is 11.7. The molecule has 1 saturated heterocycles. The van der Waals surface area contributed by atoms with Gasteiger partial charge in [-0.05, 0) is 74.6 Å². The van der Waals surface area contributed by atoms with Crippen LogP contribution in [0.5, 0.6) is 5.75 Å². The van der Waals surface area contributed by atoms with Gasteiger partial charge in [-0.15, -0.1) is 0 Å². The minimum atomic E-state index is -5.19. The number of carboxylic acid groups (broad SMARTS) is 1. The number of halogens is 3. The Morgan fingerprint density at radius 1 is 1.09 bits per heavy atom. The maximum absolute atomic E-state index is 13.8. The molecule has 2 aliphatic rings. The molecule has 4 rings (SSSR count). The number of primary amides is 1. The molecule has 246 valence electrons. The minimum absolute atomic E-state index is 0.130. The summed E-state index contributed by atoms with van der Waals surface area (Å²) in [5.74, 6) is -3.14. The SMILES string of the molecule is CCOC(=O)c1ccc(NC(=O)N(C2CCC[N+](C)(CC3CC3)C2)[C@@H](Cc2ccc(O)cc2)C(N)=O)cc1.O=C([O-])C(F)(F)F. The van der Waals surface area contributed by atoms with Crippen LogP contribution in [0, 0.1) is 5.92 Å². The van der Waals surface area contributed by atoms with Gasteiger partial charge in [0.1, 0.15) is 17.8 Å². The number of nitrogens with one attached hydrogen (secondary N) is 1. The maximum atomic E-state index is 13.8. The van der Waals surface area contributed by atoms with Crippen LogP contribution in [0.25, 0.3) is 0 Å². The molecule has 0 aromatic heterocycles. The van der Waals surface area contributed by atoms with Crippen molar-refractivity contribution in [2.24, 2.45) is 11.7 Å². The van der Waals surface area contributed by atoms with Crippen molar-refractivity contribution in [1.29, 1.82) is 0 Å². The first-order valence-corrected chi connectivity index (χ1v) is 14.7. The molecule has 3 atom stereocenters. The maximum Gasteiger partial charge on any atom is 0.430 e. The van der Waals surface area contributed by atoms with Crippen LogP contribution in [0.15, 0.2) is 48.5 Å². The van der Waals surface area contributed by atoms with Crippen molar-refractivity contribution in [2.75, 3.05) is 38.6 Å². The van der Waals surface area contributed by atoms with Crippen LogP contribution in [-0.2, 0) is 20.7 Å². The van der Waals surface area contributed by atoms with E-state index >= 15 is 0 Å². The summed E-state index contributed by atoms with van der Waals surface area (Å²) in [5, 5.41) is 21.4. The Kier molecular flexibility index (Phi) is 11.8. The van der Waals surface area contributed by atoms with Crippen LogP contribution in [-0.4, -0.2) is 89.9 Å².